The minimum Gasteiger partial charge on any atom is -0.326 e. The Hall–Kier alpha value is -2.41. The molecule has 2 N–H and O–H groups in total. The van der Waals surface area contributed by atoms with E-state index in [0.29, 0.717) is 16.7 Å². The van der Waals surface area contributed by atoms with Crippen LogP contribution in [0.5, 0.6) is 0 Å². The molecule has 1 aromatic heterocycles. The average Bonchev–Trinajstić information content (AvgIpc) is 2.96. The molecule has 3 rings (SSSR count). The number of amides is 2. The van der Waals surface area contributed by atoms with Crippen LogP contribution >= 0.6 is 11.6 Å². The van der Waals surface area contributed by atoms with Crippen molar-refractivity contribution in [3.05, 3.63) is 35.6 Å². The SMILES string of the molecule is O=C(C[C@H]1C(=O)Nc2ncnn21)Nc1ccc(Cl)cc1. The van der Waals surface area contributed by atoms with Gasteiger partial charge in [0, 0.05) is 10.7 Å². The summed E-state index contributed by atoms with van der Waals surface area (Å²) in [7, 11) is 0. The minimum atomic E-state index is -0.667. The fourth-order valence-corrected chi connectivity index (χ4v) is 2.10. The summed E-state index contributed by atoms with van der Waals surface area (Å²) in [6.45, 7) is 0. The monoisotopic (exact) mass is 291 g/mol. The van der Waals surface area contributed by atoms with Crippen LogP contribution in [0.1, 0.15) is 12.5 Å². The Labute approximate surface area is 118 Å². The molecule has 0 bridgehead atoms. The standard InChI is InChI=1S/C12H10ClN5O2/c13-7-1-3-8(4-2-7)16-10(19)5-9-11(20)17-12-14-6-15-18(9)12/h1-4,6,9H,5H2,(H,16,19)(H,14,15,17,20)/t9-/m0/s1. The lowest BCUT2D eigenvalue weighted by molar-refractivity contribution is -0.123. The molecule has 8 heteroatoms. The molecule has 7 nitrogen and oxygen atoms in total. The molecule has 102 valence electrons. The quantitative estimate of drug-likeness (QED) is 0.896. The third kappa shape index (κ3) is 2.35. The fourth-order valence-electron chi connectivity index (χ4n) is 1.97. The first-order chi connectivity index (χ1) is 9.63. The summed E-state index contributed by atoms with van der Waals surface area (Å²) in [4.78, 5) is 27.5. The Bertz CT molecular complexity index is 667. The van der Waals surface area contributed by atoms with Crippen LogP contribution in [-0.4, -0.2) is 26.6 Å². The van der Waals surface area contributed by atoms with E-state index in [9.17, 15) is 9.59 Å². The van der Waals surface area contributed by atoms with Gasteiger partial charge in [0.2, 0.25) is 11.9 Å². The number of aromatic nitrogens is 3. The second-order valence-electron chi connectivity index (χ2n) is 4.29. The zero-order valence-electron chi connectivity index (χ0n) is 10.2. The third-order valence-corrected chi connectivity index (χ3v) is 3.16. The number of hydrogen-bond donors (Lipinski definition) is 2. The van der Waals surface area contributed by atoms with Crippen molar-refractivity contribution in [1.82, 2.24) is 14.8 Å². The fraction of sp³-hybridized carbons (Fsp3) is 0.167. The van der Waals surface area contributed by atoms with Crippen LogP contribution in [0.15, 0.2) is 30.6 Å². The lowest BCUT2D eigenvalue weighted by atomic mass is 10.2. The highest BCUT2D eigenvalue weighted by molar-refractivity contribution is 6.30. The van der Waals surface area contributed by atoms with Crippen LogP contribution in [-0.2, 0) is 9.59 Å². The molecule has 2 amide bonds. The lowest BCUT2D eigenvalue weighted by Crippen LogP contribution is -2.23. The molecule has 1 aliphatic heterocycles. The average molecular weight is 292 g/mol. The Balaban J connectivity index is 1.68. The minimum absolute atomic E-state index is 0.00911. The van der Waals surface area contributed by atoms with E-state index in [2.05, 4.69) is 20.7 Å². The van der Waals surface area contributed by atoms with Crippen molar-refractivity contribution in [2.24, 2.45) is 0 Å². The van der Waals surface area contributed by atoms with Crippen molar-refractivity contribution in [3.63, 3.8) is 0 Å². The predicted octanol–water partition coefficient (Wildman–Crippen LogP) is 1.45. The van der Waals surface area contributed by atoms with Gasteiger partial charge < -0.3 is 5.32 Å². The summed E-state index contributed by atoms with van der Waals surface area (Å²) in [6, 6.07) is 6.06. The van der Waals surface area contributed by atoms with Crippen molar-refractivity contribution in [1.29, 1.82) is 0 Å². The number of hydrogen-bond acceptors (Lipinski definition) is 4. The number of benzene rings is 1. The van der Waals surface area contributed by atoms with Gasteiger partial charge in [0.05, 0.1) is 6.42 Å². The van der Waals surface area contributed by atoms with E-state index in [1.54, 1.807) is 24.3 Å². The zero-order valence-corrected chi connectivity index (χ0v) is 11.0. The summed E-state index contributed by atoms with van der Waals surface area (Å²) in [6.07, 6.45) is 1.32. The smallest absolute Gasteiger partial charge is 0.252 e. The molecule has 0 aliphatic carbocycles. The van der Waals surface area contributed by atoms with Gasteiger partial charge in [-0.1, -0.05) is 11.6 Å². The Morgan fingerprint density at radius 2 is 2.15 bits per heavy atom. The second-order valence-corrected chi connectivity index (χ2v) is 4.73. The summed E-state index contributed by atoms with van der Waals surface area (Å²) >= 11 is 5.76. The highest BCUT2D eigenvalue weighted by atomic mass is 35.5. The predicted molar refractivity (Wildman–Crippen MR) is 72.4 cm³/mol. The van der Waals surface area contributed by atoms with Gasteiger partial charge >= 0.3 is 0 Å². The van der Waals surface area contributed by atoms with Gasteiger partial charge in [0.25, 0.3) is 5.91 Å². The summed E-state index contributed by atoms with van der Waals surface area (Å²) in [5.41, 5.74) is 0.622. The van der Waals surface area contributed by atoms with Gasteiger partial charge in [-0.15, -0.1) is 0 Å². The summed E-state index contributed by atoms with van der Waals surface area (Å²) < 4.78 is 1.41. The number of carbonyl (C=O) groups excluding carboxylic acids is 2. The molecular formula is C12H10ClN5O2. The van der Waals surface area contributed by atoms with Crippen molar-refractivity contribution < 1.29 is 9.59 Å². The molecule has 20 heavy (non-hydrogen) atoms. The van der Waals surface area contributed by atoms with Gasteiger partial charge in [0.15, 0.2) is 0 Å². The Morgan fingerprint density at radius 3 is 2.90 bits per heavy atom. The van der Waals surface area contributed by atoms with Gasteiger partial charge in [-0.25, -0.2) is 4.68 Å². The molecule has 1 atom stereocenters. The number of rotatable bonds is 3. The topological polar surface area (TPSA) is 88.9 Å². The number of carbonyl (C=O) groups is 2. The number of anilines is 2. The molecule has 0 fully saturated rings. The van der Waals surface area contributed by atoms with Gasteiger partial charge in [0.1, 0.15) is 12.4 Å². The Kier molecular flexibility index (Phi) is 3.11. The molecule has 0 spiro atoms. The second kappa shape index (κ2) is 4.93. The van der Waals surface area contributed by atoms with Crippen LogP contribution in [0.4, 0.5) is 11.6 Å². The number of nitrogens with one attached hydrogen (secondary N) is 2. The van der Waals surface area contributed by atoms with E-state index in [1.807, 2.05) is 0 Å². The molecule has 0 radical (unpaired) electrons. The van der Waals surface area contributed by atoms with E-state index in [0.717, 1.165) is 0 Å². The molecule has 1 aromatic carbocycles. The zero-order chi connectivity index (χ0) is 14.1. The van der Waals surface area contributed by atoms with Crippen LogP contribution < -0.4 is 10.6 Å². The van der Waals surface area contributed by atoms with Gasteiger partial charge in [-0.2, -0.15) is 10.1 Å². The van der Waals surface area contributed by atoms with E-state index in [4.69, 9.17) is 11.6 Å². The van der Waals surface area contributed by atoms with Crippen LogP contribution in [0.2, 0.25) is 5.02 Å². The molecule has 2 heterocycles. The molecule has 0 saturated carbocycles. The first kappa shape index (κ1) is 12.6. The molecular weight excluding hydrogens is 282 g/mol. The molecule has 1 aliphatic rings. The van der Waals surface area contributed by atoms with E-state index in [1.165, 1.54) is 11.0 Å². The largest absolute Gasteiger partial charge is 0.326 e. The number of fused-ring (bicyclic) bond motifs is 1. The van der Waals surface area contributed by atoms with Gasteiger partial charge in [-0.05, 0) is 24.3 Å². The van der Waals surface area contributed by atoms with Crippen molar-refractivity contribution in [3.8, 4) is 0 Å². The van der Waals surface area contributed by atoms with Crippen molar-refractivity contribution in [2.75, 3.05) is 10.6 Å². The first-order valence-corrected chi connectivity index (χ1v) is 6.27. The maximum Gasteiger partial charge on any atom is 0.252 e. The Morgan fingerprint density at radius 1 is 1.40 bits per heavy atom. The highest BCUT2D eigenvalue weighted by Crippen LogP contribution is 2.24. The third-order valence-electron chi connectivity index (χ3n) is 2.91. The van der Waals surface area contributed by atoms with Crippen molar-refractivity contribution in [2.45, 2.75) is 12.5 Å². The van der Waals surface area contributed by atoms with Crippen LogP contribution in [0.3, 0.4) is 0 Å². The first-order valence-electron chi connectivity index (χ1n) is 5.89. The maximum atomic E-state index is 11.9. The van der Waals surface area contributed by atoms with Crippen molar-refractivity contribution >= 4 is 35.1 Å². The molecule has 0 unspecified atom stereocenters. The van der Waals surface area contributed by atoms with Crippen LogP contribution in [0.25, 0.3) is 0 Å². The van der Waals surface area contributed by atoms with E-state index >= 15 is 0 Å². The number of halogens is 1. The lowest BCUT2D eigenvalue weighted by Gasteiger charge is -2.09. The van der Waals surface area contributed by atoms with Crippen LogP contribution in [0, 0.1) is 0 Å². The van der Waals surface area contributed by atoms with E-state index in [-0.39, 0.29) is 18.2 Å². The van der Waals surface area contributed by atoms with E-state index < -0.39 is 6.04 Å². The highest BCUT2D eigenvalue weighted by Gasteiger charge is 2.33. The van der Waals surface area contributed by atoms with Gasteiger partial charge in [-0.3, -0.25) is 14.9 Å². The normalized spacial score (nSPS) is 16.6. The summed E-state index contributed by atoms with van der Waals surface area (Å²) in [5.74, 6) is -0.207. The maximum absolute atomic E-state index is 11.9. The molecule has 2 aromatic rings. The summed E-state index contributed by atoms with van der Waals surface area (Å²) in [5, 5.41) is 9.77. The number of nitrogens with zero attached hydrogens (tertiary/aromatic N) is 3. The molecule has 0 saturated heterocycles.